The smallest absolute Gasteiger partial charge is 0.204 e. The first-order chi connectivity index (χ1) is 11.3. The number of rotatable bonds is 3. The third-order valence-electron chi connectivity index (χ3n) is 3.75. The molecule has 6 heteroatoms. The molecule has 0 aliphatic rings. The van der Waals surface area contributed by atoms with Crippen LogP contribution in [-0.4, -0.2) is 26.7 Å². The van der Waals surface area contributed by atoms with Crippen LogP contribution in [0.5, 0.6) is 5.75 Å². The van der Waals surface area contributed by atoms with Gasteiger partial charge in [-0.25, -0.2) is 4.98 Å². The van der Waals surface area contributed by atoms with Crippen molar-refractivity contribution in [3.8, 4) is 5.75 Å². The molecule has 4 rings (SSSR count). The lowest BCUT2D eigenvalue weighted by atomic mass is 10.2. The van der Waals surface area contributed by atoms with Crippen LogP contribution in [0.3, 0.4) is 0 Å². The molecule has 0 unspecified atom stereocenters. The highest BCUT2D eigenvalue weighted by Gasteiger charge is 2.14. The maximum atomic E-state index is 5.39. The summed E-state index contributed by atoms with van der Waals surface area (Å²) in [4.78, 5) is 4.70. The van der Waals surface area contributed by atoms with Gasteiger partial charge in [-0.15, -0.1) is 10.2 Å². The van der Waals surface area contributed by atoms with Gasteiger partial charge in [-0.3, -0.25) is 4.40 Å². The second-order valence-electron chi connectivity index (χ2n) is 5.18. The molecule has 2 aromatic carbocycles. The van der Waals surface area contributed by atoms with Gasteiger partial charge in [0.25, 0.3) is 0 Å². The van der Waals surface area contributed by atoms with Crippen molar-refractivity contribution in [3.05, 3.63) is 54.4 Å². The van der Waals surface area contributed by atoms with Crippen LogP contribution in [0.25, 0.3) is 16.7 Å². The molecule has 0 saturated carbocycles. The number of aryl methyl sites for hydroxylation is 1. The Kier molecular flexibility index (Phi) is 3.08. The molecule has 114 valence electrons. The zero-order valence-corrected chi connectivity index (χ0v) is 12.8. The molecule has 0 atom stereocenters. The molecular formula is C17H15N5O. The summed E-state index contributed by atoms with van der Waals surface area (Å²) in [6, 6.07) is 15.6. The minimum Gasteiger partial charge on any atom is -0.495 e. The average molecular weight is 305 g/mol. The summed E-state index contributed by atoms with van der Waals surface area (Å²) >= 11 is 0. The van der Waals surface area contributed by atoms with Crippen molar-refractivity contribution >= 4 is 28.2 Å². The SMILES string of the molecule is COc1ccccc1Nc1nc2ccccc2n2c(C)nnc12. The van der Waals surface area contributed by atoms with Crippen LogP contribution in [0, 0.1) is 6.92 Å². The van der Waals surface area contributed by atoms with Crippen molar-refractivity contribution in [2.75, 3.05) is 12.4 Å². The number of hydrogen-bond donors (Lipinski definition) is 1. The molecule has 0 amide bonds. The topological polar surface area (TPSA) is 64.3 Å². The Balaban J connectivity index is 1.95. The van der Waals surface area contributed by atoms with Crippen molar-refractivity contribution < 1.29 is 4.74 Å². The number of para-hydroxylation sites is 4. The van der Waals surface area contributed by atoms with Crippen LogP contribution in [0.4, 0.5) is 11.5 Å². The zero-order chi connectivity index (χ0) is 15.8. The summed E-state index contributed by atoms with van der Waals surface area (Å²) in [6.45, 7) is 1.93. The number of methoxy groups -OCH3 is 1. The quantitative estimate of drug-likeness (QED) is 0.629. The van der Waals surface area contributed by atoms with E-state index in [0.29, 0.717) is 11.5 Å². The Morgan fingerprint density at radius 2 is 1.78 bits per heavy atom. The van der Waals surface area contributed by atoms with Gasteiger partial charge in [-0.2, -0.15) is 0 Å². The minimum atomic E-state index is 0.647. The number of aromatic nitrogens is 4. The van der Waals surface area contributed by atoms with Gasteiger partial charge in [0.2, 0.25) is 5.65 Å². The lowest BCUT2D eigenvalue weighted by Crippen LogP contribution is -2.02. The zero-order valence-electron chi connectivity index (χ0n) is 12.8. The normalized spacial score (nSPS) is 11.0. The molecule has 0 spiro atoms. The van der Waals surface area contributed by atoms with E-state index < -0.39 is 0 Å². The molecule has 2 heterocycles. The first kappa shape index (κ1) is 13.5. The first-order valence-electron chi connectivity index (χ1n) is 7.28. The van der Waals surface area contributed by atoms with E-state index >= 15 is 0 Å². The van der Waals surface area contributed by atoms with Crippen LogP contribution in [0.15, 0.2) is 48.5 Å². The molecule has 1 N–H and O–H groups in total. The fourth-order valence-electron chi connectivity index (χ4n) is 2.68. The maximum Gasteiger partial charge on any atom is 0.204 e. The van der Waals surface area contributed by atoms with Gasteiger partial charge in [0, 0.05) is 0 Å². The highest BCUT2D eigenvalue weighted by atomic mass is 16.5. The van der Waals surface area contributed by atoms with E-state index in [-0.39, 0.29) is 0 Å². The lowest BCUT2D eigenvalue weighted by Gasteiger charge is -2.12. The number of nitrogens with one attached hydrogen (secondary N) is 1. The Labute approximate surface area is 132 Å². The van der Waals surface area contributed by atoms with E-state index in [1.165, 1.54) is 0 Å². The van der Waals surface area contributed by atoms with E-state index in [1.54, 1.807) is 7.11 Å². The van der Waals surface area contributed by atoms with E-state index in [2.05, 4.69) is 15.5 Å². The van der Waals surface area contributed by atoms with Gasteiger partial charge >= 0.3 is 0 Å². The van der Waals surface area contributed by atoms with Crippen molar-refractivity contribution in [1.29, 1.82) is 0 Å². The van der Waals surface area contributed by atoms with Gasteiger partial charge in [0.1, 0.15) is 11.6 Å². The van der Waals surface area contributed by atoms with E-state index in [4.69, 9.17) is 9.72 Å². The van der Waals surface area contributed by atoms with Gasteiger partial charge < -0.3 is 10.1 Å². The summed E-state index contributed by atoms with van der Waals surface area (Å²) in [5, 5.41) is 11.8. The molecular weight excluding hydrogens is 290 g/mol. The Morgan fingerprint density at radius 3 is 2.65 bits per heavy atom. The monoisotopic (exact) mass is 305 g/mol. The summed E-state index contributed by atoms with van der Waals surface area (Å²) in [7, 11) is 1.64. The molecule has 0 bridgehead atoms. The summed E-state index contributed by atoms with van der Waals surface area (Å²) < 4.78 is 7.39. The van der Waals surface area contributed by atoms with Crippen LogP contribution in [-0.2, 0) is 0 Å². The fourth-order valence-corrected chi connectivity index (χ4v) is 2.68. The molecule has 23 heavy (non-hydrogen) atoms. The molecule has 4 aromatic rings. The highest BCUT2D eigenvalue weighted by Crippen LogP contribution is 2.29. The van der Waals surface area contributed by atoms with E-state index in [9.17, 15) is 0 Å². The third kappa shape index (κ3) is 2.15. The number of benzene rings is 2. The van der Waals surface area contributed by atoms with Gasteiger partial charge in [0.15, 0.2) is 5.82 Å². The number of ether oxygens (including phenoxy) is 1. The van der Waals surface area contributed by atoms with Crippen molar-refractivity contribution in [3.63, 3.8) is 0 Å². The third-order valence-corrected chi connectivity index (χ3v) is 3.75. The first-order valence-corrected chi connectivity index (χ1v) is 7.28. The lowest BCUT2D eigenvalue weighted by molar-refractivity contribution is 0.417. The molecule has 0 radical (unpaired) electrons. The molecule has 0 saturated heterocycles. The Morgan fingerprint density at radius 1 is 1.00 bits per heavy atom. The summed E-state index contributed by atoms with van der Waals surface area (Å²) in [5.74, 6) is 2.22. The average Bonchev–Trinajstić information content (AvgIpc) is 2.98. The number of hydrogen-bond acceptors (Lipinski definition) is 5. The van der Waals surface area contributed by atoms with Crippen LogP contribution < -0.4 is 10.1 Å². The molecule has 2 aromatic heterocycles. The fraction of sp³-hybridized carbons (Fsp3) is 0.118. The van der Waals surface area contributed by atoms with E-state index in [1.807, 2.05) is 59.9 Å². The van der Waals surface area contributed by atoms with Crippen LogP contribution >= 0.6 is 0 Å². The standard InChI is InChI=1S/C17H15N5O/c1-11-20-21-17-16(19-13-8-4-6-10-15(13)23-2)18-12-7-3-5-9-14(12)22(11)17/h3-10H,1-2H3,(H,18,19). The predicted octanol–water partition coefficient (Wildman–Crippen LogP) is 3.34. The second-order valence-corrected chi connectivity index (χ2v) is 5.18. The minimum absolute atomic E-state index is 0.647. The summed E-state index contributed by atoms with van der Waals surface area (Å²) in [5.41, 5.74) is 3.38. The maximum absolute atomic E-state index is 5.39. The second kappa shape index (κ2) is 5.24. The van der Waals surface area contributed by atoms with Crippen molar-refractivity contribution in [2.24, 2.45) is 0 Å². The number of nitrogens with zero attached hydrogens (tertiary/aromatic N) is 4. The number of fused-ring (bicyclic) bond motifs is 3. The Bertz CT molecular complexity index is 1010. The van der Waals surface area contributed by atoms with Gasteiger partial charge in [-0.05, 0) is 31.2 Å². The van der Waals surface area contributed by atoms with Gasteiger partial charge in [0.05, 0.1) is 23.8 Å². The Hall–Kier alpha value is -3.15. The van der Waals surface area contributed by atoms with Gasteiger partial charge in [-0.1, -0.05) is 24.3 Å². The van der Waals surface area contributed by atoms with Crippen molar-refractivity contribution in [2.45, 2.75) is 6.92 Å². The largest absolute Gasteiger partial charge is 0.495 e. The van der Waals surface area contributed by atoms with Crippen molar-refractivity contribution in [1.82, 2.24) is 19.6 Å². The highest BCUT2D eigenvalue weighted by molar-refractivity contribution is 5.85. The molecule has 0 aliphatic carbocycles. The predicted molar refractivity (Wildman–Crippen MR) is 89.3 cm³/mol. The summed E-state index contributed by atoms with van der Waals surface area (Å²) in [6.07, 6.45) is 0. The number of anilines is 2. The van der Waals surface area contributed by atoms with E-state index in [0.717, 1.165) is 28.3 Å². The molecule has 0 fully saturated rings. The molecule has 0 aliphatic heterocycles. The van der Waals surface area contributed by atoms with Crippen LogP contribution in [0.2, 0.25) is 0 Å². The van der Waals surface area contributed by atoms with Crippen LogP contribution in [0.1, 0.15) is 5.82 Å². The molecule has 6 nitrogen and oxygen atoms in total.